The molecule has 3 aromatic rings. The van der Waals surface area contributed by atoms with Gasteiger partial charge in [0.1, 0.15) is 12.1 Å². The fourth-order valence-electron chi connectivity index (χ4n) is 2.91. The topological polar surface area (TPSA) is 144 Å². The third-order valence-corrected chi connectivity index (χ3v) is 4.70. The van der Waals surface area contributed by atoms with Crippen molar-refractivity contribution in [3.05, 3.63) is 34.4 Å². The Balaban J connectivity index is 1.70. The SMILES string of the molecule is CCCCOc1nc(N)c2[nH]c(=O)n(Cc3ccc(OCCN(C)CCO)nc3)c2n1. The van der Waals surface area contributed by atoms with Crippen molar-refractivity contribution < 1.29 is 14.6 Å². The van der Waals surface area contributed by atoms with Gasteiger partial charge in [-0.3, -0.25) is 4.57 Å². The van der Waals surface area contributed by atoms with Crippen molar-refractivity contribution in [3.8, 4) is 11.9 Å². The Morgan fingerprint density at radius 1 is 1.23 bits per heavy atom. The molecule has 0 spiro atoms. The average molecular weight is 431 g/mol. The van der Waals surface area contributed by atoms with E-state index in [0.29, 0.717) is 43.3 Å². The molecule has 31 heavy (non-hydrogen) atoms. The quantitative estimate of drug-likeness (QED) is 0.352. The molecule has 0 fully saturated rings. The largest absolute Gasteiger partial charge is 0.476 e. The molecular formula is C20H29N7O4. The molecule has 168 valence electrons. The predicted molar refractivity (Wildman–Crippen MR) is 116 cm³/mol. The van der Waals surface area contributed by atoms with Crippen molar-refractivity contribution in [1.82, 2.24) is 29.4 Å². The highest BCUT2D eigenvalue weighted by Gasteiger charge is 2.15. The first-order valence-corrected chi connectivity index (χ1v) is 10.3. The summed E-state index contributed by atoms with van der Waals surface area (Å²) in [6, 6.07) is 3.75. The van der Waals surface area contributed by atoms with Gasteiger partial charge >= 0.3 is 11.7 Å². The number of fused-ring (bicyclic) bond motifs is 1. The highest BCUT2D eigenvalue weighted by atomic mass is 16.5. The number of hydrogen-bond donors (Lipinski definition) is 3. The summed E-state index contributed by atoms with van der Waals surface area (Å²) in [5.41, 5.74) is 7.22. The zero-order chi connectivity index (χ0) is 22.2. The van der Waals surface area contributed by atoms with E-state index in [1.165, 1.54) is 4.57 Å². The Morgan fingerprint density at radius 2 is 2.06 bits per heavy atom. The Bertz CT molecular complexity index is 1030. The second kappa shape index (κ2) is 10.7. The van der Waals surface area contributed by atoms with Crippen LogP contribution in [-0.4, -0.2) is 74.5 Å². The van der Waals surface area contributed by atoms with E-state index in [0.717, 1.165) is 18.4 Å². The Labute approximate surface area is 179 Å². The number of anilines is 1. The second-order valence-corrected chi connectivity index (χ2v) is 7.19. The number of likely N-dealkylation sites (N-methyl/N-ethyl adjacent to an activating group) is 1. The summed E-state index contributed by atoms with van der Waals surface area (Å²) in [7, 11) is 1.91. The van der Waals surface area contributed by atoms with Crippen LogP contribution < -0.4 is 20.9 Å². The summed E-state index contributed by atoms with van der Waals surface area (Å²) in [6.45, 7) is 4.65. The van der Waals surface area contributed by atoms with Gasteiger partial charge in [-0.2, -0.15) is 9.97 Å². The highest BCUT2D eigenvalue weighted by molar-refractivity contribution is 5.81. The lowest BCUT2D eigenvalue weighted by molar-refractivity contribution is 0.190. The molecule has 0 atom stereocenters. The number of H-pyrrole nitrogens is 1. The van der Waals surface area contributed by atoms with Crippen molar-refractivity contribution in [2.24, 2.45) is 0 Å². The van der Waals surface area contributed by atoms with Gasteiger partial charge in [0, 0.05) is 25.4 Å². The van der Waals surface area contributed by atoms with Crippen LogP contribution in [0.3, 0.4) is 0 Å². The molecule has 4 N–H and O–H groups in total. The van der Waals surface area contributed by atoms with Crippen LogP contribution in [0.1, 0.15) is 25.3 Å². The molecule has 0 saturated heterocycles. The van der Waals surface area contributed by atoms with Crippen molar-refractivity contribution >= 4 is 17.0 Å². The number of hydrogen-bond acceptors (Lipinski definition) is 9. The molecule has 0 saturated carbocycles. The molecule has 0 aromatic carbocycles. The van der Waals surface area contributed by atoms with Gasteiger partial charge in [0.25, 0.3) is 0 Å². The van der Waals surface area contributed by atoms with Crippen LogP contribution in [0, 0.1) is 0 Å². The molecule has 11 nitrogen and oxygen atoms in total. The van der Waals surface area contributed by atoms with Gasteiger partial charge in [-0.05, 0) is 19.0 Å². The van der Waals surface area contributed by atoms with Crippen LogP contribution >= 0.6 is 0 Å². The number of aliphatic hydroxyl groups is 1. The van der Waals surface area contributed by atoms with E-state index >= 15 is 0 Å². The predicted octanol–water partition coefficient (Wildman–Crippen LogP) is 0.627. The van der Waals surface area contributed by atoms with Gasteiger partial charge in [0.2, 0.25) is 5.88 Å². The van der Waals surface area contributed by atoms with Crippen molar-refractivity contribution in [2.45, 2.75) is 26.3 Å². The Hall–Kier alpha value is -3.18. The zero-order valence-electron chi connectivity index (χ0n) is 17.9. The first kappa shape index (κ1) is 22.5. The van der Waals surface area contributed by atoms with E-state index in [9.17, 15) is 4.79 Å². The number of ether oxygens (including phenoxy) is 2. The fourth-order valence-corrected chi connectivity index (χ4v) is 2.91. The molecule has 3 aromatic heterocycles. The fraction of sp³-hybridized carbons (Fsp3) is 0.500. The molecule has 0 radical (unpaired) electrons. The van der Waals surface area contributed by atoms with Gasteiger partial charge in [0.15, 0.2) is 11.5 Å². The third-order valence-electron chi connectivity index (χ3n) is 4.70. The molecule has 0 unspecified atom stereocenters. The molecule has 0 amide bonds. The lowest BCUT2D eigenvalue weighted by atomic mass is 10.3. The highest BCUT2D eigenvalue weighted by Crippen LogP contribution is 2.19. The maximum absolute atomic E-state index is 12.5. The summed E-state index contributed by atoms with van der Waals surface area (Å²) in [4.78, 5) is 29.9. The molecule has 11 heteroatoms. The lowest BCUT2D eigenvalue weighted by Gasteiger charge is -2.15. The van der Waals surface area contributed by atoms with Crippen LogP contribution in [0.2, 0.25) is 0 Å². The number of pyridine rings is 1. The molecule has 0 aliphatic carbocycles. The van der Waals surface area contributed by atoms with E-state index in [2.05, 4.69) is 26.9 Å². The normalized spacial score (nSPS) is 11.4. The summed E-state index contributed by atoms with van der Waals surface area (Å²) in [5.74, 6) is 0.658. The first-order valence-electron chi connectivity index (χ1n) is 10.3. The van der Waals surface area contributed by atoms with Gasteiger partial charge < -0.3 is 30.2 Å². The maximum Gasteiger partial charge on any atom is 0.328 e. The lowest BCUT2D eigenvalue weighted by Crippen LogP contribution is -2.27. The van der Waals surface area contributed by atoms with E-state index < -0.39 is 0 Å². The number of unbranched alkanes of at least 4 members (excludes halogenated alkanes) is 1. The number of aromatic amines is 1. The smallest absolute Gasteiger partial charge is 0.328 e. The van der Waals surface area contributed by atoms with Gasteiger partial charge in [-0.15, -0.1) is 0 Å². The number of nitrogens with zero attached hydrogens (tertiary/aromatic N) is 5. The molecule has 0 bridgehead atoms. The van der Waals surface area contributed by atoms with Gasteiger partial charge in [-0.25, -0.2) is 9.78 Å². The Morgan fingerprint density at radius 3 is 2.77 bits per heavy atom. The summed E-state index contributed by atoms with van der Waals surface area (Å²) < 4.78 is 12.7. The monoisotopic (exact) mass is 431 g/mol. The number of nitrogens with one attached hydrogen (secondary N) is 1. The summed E-state index contributed by atoms with van der Waals surface area (Å²) in [5, 5.41) is 8.91. The number of aromatic nitrogens is 5. The molecule has 3 rings (SSSR count). The second-order valence-electron chi connectivity index (χ2n) is 7.19. The number of imidazole rings is 1. The standard InChI is InChI=1S/C20H29N7O4/c1-3-4-10-31-19-24-17(21)16-18(25-19)27(20(29)23-16)13-14-5-6-15(22-12-14)30-11-8-26(2)7-9-28/h5-6,12,28H,3-4,7-11,13H2,1-2H3,(H,23,29)(H2,21,24,25). The molecule has 3 heterocycles. The number of nitrogens with two attached hydrogens (primary N) is 1. The molecule has 0 aliphatic heterocycles. The summed E-state index contributed by atoms with van der Waals surface area (Å²) in [6.07, 6.45) is 3.51. The Kier molecular flexibility index (Phi) is 7.79. The molecular weight excluding hydrogens is 402 g/mol. The van der Waals surface area contributed by atoms with Crippen LogP contribution in [0.15, 0.2) is 23.1 Å². The van der Waals surface area contributed by atoms with Crippen molar-refractivity contribution in [2.75, 3.05) is 45.7 Å². The minimum absolute atomic E-state index is 0.111. The minimum Gasteiger partial charge on any atom is -0.476 e. The van der Waals surface area contributed by atoms with Crippen LogP contribution in [0.5, 0.6) is 11.9 Å². The van der Waals surface area contributed by atoms with Crippen LogP contribution in [0.4, 0.5) is 5.82 Å². The number of rotatable bonds is 12. The third kappa shape index (κ3) is 5.92. The number of nitrogen functional groups attached to an aromatic ring is 1. The van der Waals surface area contributed by atoms with Crippen molar-refractivity contribution in [3.63, 3.8) is 0 Å². The van der Waals surface area contributed by atoms with Crippen LogP contribution in [-0.2, 0) is 6.54 Å². The van der Waals surface area contributed by atoms with E-state index in [4.69, 9.17) is 20.3 Å². The van der Waals surface area contributed by atoms with E-state index in [1.54, 1.807) is 12.3 Å². The van der Waals surface area contributed by atoms with Crippen molar-refractivity contribution in [1.29, 1.82) is 0 Å². The maximum atomic E-state index is 12.5. The summed E-state index contributed by atoms with van der Waals surface area (Å²) >= 11 is 0. The van der Waals surface area contributed by atoms with E-state index in [1.807, 2.05) is 18.0 Å². The van der Waals surface area contributed by atoms with Gasteiger partial charge in [-0.1, -0.05) is 19.4 Å². The average Bonchev–Trinajstić information content (AvgIpc) is 3.06. The van der Waals surface area contributed by atoms with Gasteiger partial charge in [0.05, 0.1) is 19.8 Å². The number of aliphatic hydroxyl groups excluding tert-OH is 1. The zero-order valence-corrected chi connectivity index (χ0v) is 17.9. The molecule has 0 aliphatic rings. The van der Waals surface area contributed by atoms with Crippen LogP contribution in [0.25, 0.3) is 11.2 Å². The van der Waals surface area contributed by atoms with E-state index in [-0.39, 0.29) is 30.7 Å². The first-order chi connectivity index (χ1) is 15.0. The minimum atomic E-state index is -0.339.